The monoisotopic (exact) mass is 415 g/mol. The van der Waals surface area contributed by atoms with Gasteiger partial charge in [0.2, 0.25) is 23.4 Å². The van der Waals surface area contributed by atoms with Crippen LogP contribution in [-0.2, 0) is 11.3 Å². The van der Waals surface area contributed by atoms with E-state index in [1.807, 2.05) is 17.5 Å². The lowest BCUT2D eigenvalue weighted by Gasteiger charge is -2.14. The number of ether oxygens (including phenoxy) is 3. The Morgan fingerprint density at radius 3 is 2.62 bits per heavy atom. The molecule has 8 nitrogen and oxygen atoms in total. The quantitative estimate of drug-likeness (QED) is 0.521. The van der Waals surface area contributed by atoms with Gasteiger partial charge in [0.1, 0.15) is 0 Å². The number of carbonyl (C=O) groups is 1. The molecule has 0 atom stereocenters. The first-order chi connectivity index (χ1) is 14.1. The third-order valence-corrected chi connectivity index (χ3v) is 4.96. The van der Waals surface area contributed by atoms with Crippen LogP contribution in [0, 0.1) is 0 Å². The normalized spacial score (nSPS) is 10.9. The van der Waals surface area contributed by atoms with E-state index in [4.69, 9.17) is 18.7 Å². The fourth-order valence-corrected chi connectivity index (χ4v) is 3.30. The molecule has 0 unspecified atom stereocenters. The van der Waals surface area contributed by atoms with Gasteiger partial charge >= 0.3 is 0 Å². The molecule has 152 valence electrons. The summed E-state index contributed by atoms with van der Waals surface area (Å²) in [6, 6.07) is 7.36. The van der Waals surface area contributed by atoms with Crippen molar-refractivity contribution >= 4 is 23.3 Å². The maximum absolute atomic E-state index is 12.5. The van der Waals surface area contributed by atoms with Gasteiger partial charge in [-0.25, -0.2) is 0 Å². The Labute approximate surface area is 172 Å². The second kappa shape index (κ2) is 9.24. The second-order valence-electron chi connectivity index (χ2n) is 5.94. The lowest BCUT2D eigenvalue weighted by atomic mass is 10.1. The highest BCUT2D eigenvalue weighted by atomic mass is 32.1. The van der Waals surface area contributed by atoms with Crippen molar-refractivity contribution in [2.75, 3.05) is 28.4 Å². The lowest BCUT2D eigenvalue weighted by Crippen LogP contribution is -2.24. The largest absolute Gasteiger partial charge is 0.493 e. The van der Waals surface area contributed by atoms with E-state index in [0.29, 0.717) is 34.5 Å². The summed E-state index contributed by atoms with van der Waals surface area (Å²) in [5, 5.41) is 5.89. The zero-order chi connectivity index (χ0) is 20.8. The Bertz CT molecular complexity index is 998. The summed E-state index contributed by atoms with van der Waals surface area (Å²) in [4.78, 5) is 19.2. The number of hydrogen-bond acceptors (Lipinski definition) is 8. The van der Waals surface area contributed by atoms with Gasteiger partial charge in [-0.15, -0.1) is 11.3 Å². The molecule has 0 fully saturated rings. The molecule has 1 amide bonds. The molecule has 0 saturated carbocycles. The second-order valence-corrected chi connectivity index (χ2v) is 6.89. The van der Waals surface area contributed by atoms with Gasteiger partial charge in [-0.05, 0) is 29.7 Å². The van der Waals surface area contributed by atoms with E-state index >= 15 is 0 Å². The van der Waals surface area contributed by atoms with E-state index in [2.05, 4.69) is 10.1 Å². The average Bonchev–Trinajstić information content (AvgIpc) is 3.42. The summed E-state index contributed by atoms with van der Waals surface area (Å²) in [7, 11) is 6.27. The van der Waals surface area contributed by atoms with Gasteiger partial charge in [-0.2, -0.15) is 4.98 Å². The number of carbonyl (C=O) groups excluding carboxylic acids is 1. The topological polar surface area (TPSA) is 86.9 Å². The van der Waals surface area contributed by atoms with Crippen LogP contribution in [0.4, 0.5) is 0 Å². The van der Waals surface area contributed by atoms with Gasteiger partial charge < -0.3 is 23.6 Å². The summed E-state index contributed by atoms with van der Waals surface area (Å²) in [5.41, 5.74) is 0.685. The van der Waals surface area contributed by atoms with Crippen molar-refractivity contribution in [2.45, 2.75) is 6.54 Å². The highest BCUT2D eigenvalue weighted by molar-refractivity contribution is 7.13. The van der Waals surface area contributed by atoms with Gasteiger partial charge in [0, 0.05) is 18.7 Å². The number of aromatic nitrogens is 2. The van der Waals surface area contributed by atoms with Crippen LogP contribution in [0.25, 0.3) is 16.8 Å². The Kier molecular flexibility index (Phi) is 6.50. The summed E-state index contributed by atoms with van der Waals surface area (Å²) < 4.78 is 21.3. The minimum atomic E-state index is -0.224. The van der Waals surface area contributed by atoms with Crippen molar-refractivity contribution < 1.29 is 23.5 Å². The zero-order valence-electron chi connectivity index (χ0n) is 16.5. The highest BCUT2D eigenvalue weighted by Crippen LogP contribution is 2.40. The molecule has 0 aliphatic carbocycles. The van der Waals surface area contributed by atoms with Crippen molar-refractivity contribution in [1.82, 2.24) is 15.0 Å². The SMILES string of the molecule is COc1ccc(/C=C/C(=O)N(C)Cc2nc(-c3cccs3)no2)c(OC)c1OC. The highest BCUT2D eigenvalue weighted by Gasteiger charge is 2.16. The molecule has 0 aliphatic heterocycles. The van der Waals surface area contributed by atoms with Crippen molar-refractivity contribution in [1.29, 1.82) is 0 Å². The van der Waals surface area contributed by atoms with Crippen LogP contribution in [-0.4, -0.2) is 49.3 Å². The third-order valence-electron chi connectivity index (χ3n) is 4.10. The van der Waals surface area contributed by atoms with Crippen molar-refractivity contribution in [2.24, 2.45) is 0 Å². The van der Waals surface area contributed by atoms with E-state index in [1.54, 1.807) is 32.4 Å². The Morgan fingerprint density at radius 2 is 1.97 bits per heavy atom. The molecule has 29 heavy (non-hydrogen) atoms. The van der Waals surface area contributed by atoms with Gasteiger partial charge in [0.15, 0.2) is 11.5 Å². The fraction of sp³-hybridized carbons (Fsp3) is 0.250. The number of amides is 1. The molecule has 0 spiro atoms. The molecular weight excluding hydrogens is 394 g/mol. The van der Waals surface area contributed by atoms with Crippen molar-refractivity contribution in [3.63, 3.8) is 0 Å². The molecule has 0 aliphatic rings. The summed E-state index contributed by atoms with van der Waals surface area (Å²) in [6.45, 7) is 0.199. The zero-order valence-corrected chi connectivity index (χ0v) is 17.4. The standard InChI is InChI=1S/C20H21N3O5S/c1-23(12-16-21-20(22-28-16)15-6-5-11-29-15)17(24)10-8-13-7-9-14(25-2)19(27-4)18(13)26-3/h5-11H,12H2,1-4H3/b10-8+. The first-order valence-electron chi connectivity index (χ1n) is 8.66. The number of likely N-dealkylation sites (N-methyl/N-ethyl adjacent to an activating group) is 1. The average molecular weight is 415 g/mol. The predicted molar refractivity (Wildman–Crippen MR) is 109 cm³/mol. The minimum absolute atomic E-state index is 0.199. The van der Waals surface area contributed by atoms with E-state index < -0.39 is 0 Å². The smallest absolute Gasteiger partial charge is 0.246 e. The van der Waals surface area contributed by atoms with E-state index in [9.17, 15) is 4.79 Å². The van der Waals surface area contributed by atoms with Crippen LogP contribution in [0.15, 0.2) is 40.2 Å². The van der Waals surface area contributed by atoms with Crippen LogP contribution in [0.3, 0.4) is 0 Å². The van der Waals surface area contributed by atoms with Gasteiger partial charge in [0.25, 0.3) is 0 Å². The minimum Gasteiger partial charge on any atom is -0.493 e. The van der Waals surface area contributed by atoms with E-state index in [-0.39, 0.29) is 12.5 Å². The first kappa shape index (κ1) is 20.4. The summed E-state index contributed by atoms with van der Waals surface area (Å²) >= 11 is 1.52. The van der Waals surface area contributed by atoms with Crippen LogP contribution in [0.1, 0.15) is 11.5 Å². The Hall–Kier alpha value is -3.33. The molecule has 9 heteroatoms. The van der Waals surface area contributed by atoms with Gasteiger partial charge in [0.05, 0.1) is 32.8 Å². The molecule has 2 aromatic heterocycles. The van der Waals surface area contributed by atoms with E-state index in [1.165, 1.54) is 36.5 Å². The first-order valence-corrected chi connectivity index (χ1v) is 9.54. The summed E-state index contributed by atoms with van der Waals surface area (Å²) in [5.74, 6) is 2.14. The van der Waals surface area contributed by atoms with Crippen LogP contribution >= 0.6 is 11.3 Å². The maximum atomic E-state index is 12.5. The number of rotatable bonds is 8. The van der Waals surface area contributed by atoms with Crippen molar-refractivity contribution in [3.8, 4) is 28.0 Å². The van der Waals surface area contributed by atoms with E-state index in [0.717, 1.165) is 4.88 Å². The molecule has 0 N–H and O–H groups in total. The molecule has 0 radical (unpaired) electrons. The van der Waals surface area contributed by atoms with Crippen LogP contribution in [0.5, 0.6) is 17.2 Å². The lowest BCUT2D eigenvalue weighted by molar-refractivity contribution is -0.125. The Balaban J connectivity index is 1.70. The number of nitrogens with zero attached hydrogens (tertiary/aromatic N) is 3. The van der Waals surface area contributed by atoms with Gasteiger partial charge in [-0.1, -0.05) is 11.2 Å². The molecule has 2 heterocycles. The Morgan fingerprint density at radius 1 is 1.17 bits per heavy atom. The van der Waals surface area contributed by atoms with Crippen LogP contribution in [0.2, 0.25) is 0 Å². The molecular formula is C20H21N3O5S. The maximum Gasteiger partial charge on any atom is 0.246 e. The van der Waals surface area contributed by atoms with Crippen LogP contribution < -0.4 is 14.2 Å². The number of hydrogen-bond donors (Lipinski definition) is 0. The predicted octanol–water partition coefficient (Wildman–Crippen LogP) is 3.50. The molecule has 3 aromatic rings. The summed E-state index contributed by atoms with van der Waals surface area (Å²) in [6.07, 6.45) is 3.10. The van der Waals surface area contributed by atoms with Crippen molar-refractivity contribution in [3.05, 3.63) is 47.2 Å². The molecule has 1 aromatic carbocycles. The van der Waals surface area contributed by atoms with Gasteiger partial charge in [-0.3, -0.25) is 4.79 Å². The fourth-order valence-electron chi connectivity index (χ4n) is 2.65. The third kappa shape index (κ3) is 4.57. The molecule has 0 bridgehead atoms. The number of thiophene rings is 1. The molecule has 3 rings (SSSR count). The molecule has 0 saturated heterocycles. The number of benzene rings is 1. The number of methoxy groups -OCH3 is 3.